The van der Waals surface area contributed by atoms with Crippen LogP contribution in [-0.4, -0.2) is 22.5 Å². The molecule has 4 rings (SSSR count). The molecule has 1 fully saturated rings. The number of hydrogen-bond acceptors (Lipinski definition) is 5. The van der Waals surface area contributed by atoms with Crippen LogP contribution in [0, 0.1) is 22.9 Å². The lowest BCUT2D eigenvalue weighted by Gasteiger charge is -2.25. The molecule has 0 saturated carbocycles. The lowest BCUT2D eigenvalue weighted by Crippen LogP contribution is -2.28. The number of non-ortho nitro benzene ring substituents is 1. The number of carbonyl (C=O) groups is 2. The minimum atomic E-state index is -0.565. The maximum Gasteiger partial charge on any atom is 0.270 e. The summed E-state index contributed by atoms with van der Waals surface area (Å²) in [4.78, 5) is 37.0. The molecule has 32 heavy (non-hydrogen) atoms. The van der Waals surface area contributed by atoms with E-state index < -0.39 is 22.0 Å². The minimum Gasteiger partial charge on any atom is -0.322 e. The first kappa shape index (κ1) is 21.5. The molecule has 1 aliphatic heterocycles. The summed E-state index contributed by atoms with van der Waals surface area (Å²) in [7, 11) is 0. The second-order valence-corrected chi connectivity index (χ2v) is 8.34. The molecule has 1 atom stereocenters. The number of thioether (sulfide) groups is 1. The first-order valence-corrected chi connectivity index (χ1v) is 10.7. The summed E-state index contributed by atoms with van der Waals surface area (Å²) in [6.45, 7) is 1.83. The van der Waals surface area contributed by atoms with Gasteiger partial charge in [-0.15, -0.1) is 11.8 Å². The molecule has 0 aliphatic carbocycles. The van der Waals surface area contributed by atoms with Gasteiger partial charge in [-0.25, -0.2) is 4.39 Å². The zero-order valence-corrected chi connectivity index (χ0v) is 17.8. The molecule has 2 amide bonds. The lowest BCUT2D eigenvalue weighted by molar-refractivity contribution is -0.384. The first-order chi connectivity index (χ1) is 15.3. The van der Waals surface area contributed by atoms with E-state index >= 15 is 0 Å². The Kier molecular flexibility index (Phi) is 5.91. The van der Waals surface area contributed by atoms with Gasteiger partial charge >= 0.3 is 0 Å². The van der Waals surface area contributed by atoms with Crippen molar-refractivity contribution in [3.05, 3.63) is 99.4 Å². The molecule has 3 aromatic carbocycles. The monoisotopic (exact) mass is 451 g/mol. The number of nitrogens with one attached hydrogen (secondary N) is 1. The van der Waals surface area contributed by atoms with E-state index in [0.29, 0.717) is 5.69 Å². The van der Waals surface area contributed by atoms with Crippen molar-refractivity contribution in [2.24, 2.45) is 0 Å². The summed E-state index contributed by atoms with van der Waals surface area (Å²) in [5.41, 5.74) is 2.21. The number of nitrogens with zero attached hydrogens (tertiary/aromatic N) is 2. The maximum absolute atomic E-state index is 14.5. The van der Waals surface area contributed by atoms with E-state index in [1.54, 1.807) is 36.4 Å². The average Bonchev–Trinajstić information content (AvgIpc) is 3.17. The Labute approximate surface area is 187 Å². The van der Waals surface area contributed by atoms with Crippen molar-refractivity contribution in [3.8, 4) is 0 Å². The zero-order chi connectivity index (χ0) is 22.8. The van der Waals surface area contributed by atoms with E-state index in [2.05, 4.69) is 5.32 Å². The number of anilines is 2. The van der Waals surface area contributed by atoms with Gasteiger partial charge < -0.3 is 5.32 Å². The molecule has 7 nitrogen and oxygen atoms in total. The van der Waals surface area contributed by atoms with Gasteiger partial charge in [0, 0.05) is 23.4 Å². The number of nitro groups is 1. The molecule has 9 heteroatoms. The molecule has 1 saturated heterocycles. The lowest BCUT2D eigenvalue weighted by atomic mass is 10.1. The third kappa shape index (κ3) is 4.33. The van der Waals surface area contributed by atoms with Gasteiger partial charge in [-0.1, -0.05) is 24.3 Å². The van der Waals surface area contributed by atoms with E-state index in [1.165, 1.54) is 47.0 Å². The quantitative estimate of drug-likeness (QED) is 0.432. The molecule has 0 radical (unpaired) electrons. The van der Waals surface area contributed by atoms with Crippen LogP contribution in [0.25, 0.3) is 0 Å². The average molecular weight is 451 g/mol. The molecule has 162 valence electrons. The van der Waals surface area contributed by atoms with Gasteiger partial charge in [0.05, 0.1) is 16.4 Å². The predicted molar refractivity (Wildman–Crippen MR) is 121 cm³/mol. The topological polar surface area (TPSA) is 92.6 Å². The second kappa shape index (κ2) is 8.80. The Bertz CT molecular complexity index is 1230. The van der Waals surface area contributed by atoms with Crippen molar-refractivity contribution in [3.63, 3.8) is 0 Å². The van der Waals surface area contributed by atoms with Crippen molar-refractivity contribution in [2.45, 2.75) is 12.3 Å². The number of nitro benzene ring substituents is 1. The van der Waals surface area contributed by atoms with E-state index in [-0.39, 0.29) is 28.6 Å². The fourth-order valence-corrected chi connectivity index (χ4v) is 4.63. The van der Waals surface area contributed by atoms with Crippen LogP contribution in [0.5, 0.6) is 0 Å². The maximum atomic E-state index is 14.5. The number of amides is 2. The molecular weight excluding hydrogens is 433 g/mol. The highest BCUT2D eigenvalue weighted by molar-refractivity contribution is 8.00. The second-order valence-electron chi connectivity index (χ2n) is 7.27. The van der Waals surface area contributed by atoms with Crippen LogP contribution >= 0.6 is 11.8 Å². The Balaban J connectivity index is 1.60. The van der Waals surface area contributed by atoms with Crippen molar-refractivity contribution in [1.29, 1.82) is 0 Å². The van der Waals surface area contributed by atoms with Gasteiger partial charge in [-0.2, -0.15) is 0 Å². The fraction of sp³-hybridized carbons (Fsp3) is 0.130. The number of hydrogen-bond donors (Lipinski definition) is 1. The highest BCUT2D eigenvalue weighted by Gasteiger charge is 2.35. The van der Waals surface area contributed by atoms with E-state index in [9.17, 15) is 24.1 Å². The van der Waals surface area contributed by atoms with Gasteiger partial charge in [0.1, 0.15) is 11.2 Å². The van der Waals surface area contributed by atoms with Gasteiger partial charge in [0.2, 0.25) is 5.91 Å². The molecule has 3 aromatic rings. The number of carbonyl (C=O) groups excluding carboxylic acids is 2. The summed E-state index contributed by atoms with van der Waals surface area (Å²) < 4.78 is 14.5. The van der Waals surface area contributed by atoms with Gasteiger partial charge in [0.15, 0.2) is 0 Å². The van der Waals surface area contributed by atoms with Crippen molar-refractivity contribution in [2.75, 3.05) is 16.0 Å². The SMILES string of the molecule is Cc1ccc(F)c(N2C(=O)CS[C@H]2c2cccc(NC(=O)c3cccc([N+](=O)[O-])c3)c2)c1. The standard InChI is InChI=1S/C23H18FN3O4S/c1-14-8-9-19(24)20(10-14)26-21(28)13-32-23(26)16-5-2-6-17(11-16)25-22(29)15-4-3-7-18(12-15)27(30)31/h2-12,23H,13H2,1H3,(H,25,29)/t23-/m0/s1. The largest absolute Gasteiger partial charge is 0.322 e. The Hall–Kier alpha value is -3.72. The number of aryl methyl sites for hydroxylation is 1. The van der Waals surface area contributed by atoms with Crippen LogP contribution in [0.3, 0.4) is 0 Å². The normalized spacial score (nSPS) is 15.6. The Morgan fingerprint density at radius 2 is 1.94 bits per heavy atom. The Morgan fingerprint density at radius 1 is 1.16 bits per heavy atom. The summed E-state index contributed by atoms with van der Waals surface area (Å²) in [6, 6.07) is 17.0. The van der Waals surface area contributed by atoms with Gasteiger partial charge in [-0.05, 0) is 48.4 Å². The molecule has 1 N–H and O–H groups in total. The third-order valence-corrected chi connectivity index (χ3v) is 6.19. The number of rotatable bonds is 5. The summed E-state index contributed by atoms with van der Waals surface area (Å²) in [6.07, 6.45) is 0. The van der Waals surface area contributed by atoms with Crippen LogP contribution in [0.15, 0.2) is 66.7 Å². The summed E-state index contributed by atoms with van der Waals surface area (Å²) in [5, 5.41) is 13.2. The van der Waals surface area contributed by atoms with Crippen LogP contribution in [0.2, 0.25) is 0 Å². The highest BCUT2D eigenvalue weighted by atomic mass is 32.2. The van der Waals surface area contributed by atoms with Crippen LogP contribution in [0.1, 0.15) is 26.9 Å². The fourth-order valence-electron chi connectivity index (χ4n) is 3.47. The molecular formula is C23H18FN3O4S. The predicted octanol–water partition coefficient (Wildman–Crippen LogP) is 5.07. The van der Waals surface area contributed by atoms with Crippen LogP contribution in [-0.2, 0) is 4.79 Å². The highest BCUT2D eigenvalue weighted by Crippen LogP contribution is 2.43. The summed E-state index contributed by atoms with van der Waals surface area (Å²) in [5.74, 6) is -0.966. The number of benzene rings is 3. The minimum absolute atomic E-state index is 0.151. The van der Waals surface area contributed by atoms with E-state index in [1.807, 2.05) is 6.92 Å². The smallest absolute Gasteiger partial charge is 0.270 e. The molecule has 1 aliphatic rings. The molecule has 0 unspecified atom stereocenters. The van der Waals surface area contributed by atoms with Crippen LogP contribution < -0.4 is 10.2 Å². The zero-order valence-electron chi connectivity index (χ0n) is 16.9. The number of halogens is 1. The van der Waals surface area contributed by atoms with Gasteiger partial charge in [-0.3, -0.25) is 24.6 Å². The van der Waals surface area contributed by atoms with Crippen molar-refractivity contribution >= 4 is 40.6 Å². The Morgan fingerprint density at radius 3 is 2.72 bits per heavy atom. The van der Waals surface area contributed by atoms with Crippen LogP contribution in [0.4, 0.5) is 21.5 Å². The first-order valence-electron chi connectivity index (χ1n) is 9.69. The molecule has 0 spiro atoms. The molecule has 1 heterocycles. The van der Waals surface area contributed by atoms with E-state index in [0.717, 1.165) is 11.1 Å². The van der Waals surface area contributed by atoms with E-state index in [4.69, 9.17) is 0 Å². The third-order valence-electron chi connectivity index (χ3n) is 4.98. The molecule has 0 aromatic heterocycles. The van der Waals surface area contributed by atoms with Crippen molar-refractivity contribution in [1.82, 2.24) is 0 Å². The molecule has 0 bridgehead atoms. The summed E-state index contributed by atoms with van der Waals surface area (Å²) >= 11 is 1.37. The van der Waals surface area contributed by atoms with Gasteiger partial charge in [0.25, 0.3) is 11.6 Å². The van der Waals surface area contributed by atoms with Crippen molar-refractivity contribution < 1.29 is 18.9 Å².